The average Bonchev–Trinajstić information content (AvgIpc) is 2.59. The van der Waals surface area contributed by atoms with Crippen LogP contribution in [0, 0.1) is 6.92 Å². The lowest BCUT2D eigenvalue weighted by atomic mass is 10.3. The van der Waals surface area contributed by atoms with Crippen molar-refractivity contribution in [2.75, 3.05) is 42.7 Å². The maximum atomic E-state index is 12.0. The second kappa shape index (κ2) is 9.67. The summed E-state index contributed by atoms with van der Waals surface area (Å²) in [6.07, 6.45) is 0. The minimum atomic E-state index is -0.348. The molecule has 140 valence electrons. The fourth-order valence-electron chi connectivity index (χ4n) is 2.21. The number of rotatable bonds is 8. The number of amides is 2. The average molecular weight is 379 g/mol. The Labute approximate surface area is 157 Å². The van der Waals surface area contributed by atoms with Crippen LogP contribution in [0.5, 0.6) is 5.75 Å². The van der Waals surface area contributed by atoms with Gasteiger partial charge in [0, 0.05) is 36.4 Å². The van der Waals surface area contributed by atoms with Crippen LogP contribution in [0.15, 0.2) is 24.3 Å². The van der Waals surface area contributed by atoms with Crippen molar-refractivity contribution in [2.24, 2.45) is 0 Å². The highest BCUT2D eigenvalue weighted by atomic mass is 35.5. The molecule has 0 aliphatic carbocycles. The minimum Gasteiger partial charge on any atom is -0.495 e. The lowest BCUT2D eigenvalue weighted by molar-refractivity contribution is 0.252. The molecule has 1 heterocycles. The van der Waals surface area contributed by atoms with Gasteiger partial charge in [-0.25, -0.2) is 9.78 Å². The Morgan fingerprint density at radius 2 is 2.00 bits per heavy atom. The van der Waals surface area contributed by atoms with E-state index in [2.05, 4.69) is 31.2 Å². The number of urea groups is 1. The van der Waals surface area contributed by atoms with E-state index in [4.69, 9.17) is 16.3 Å². The summed E-state index contributed by atoms with van der Waals surface area (Å²) in [5.74, 6) is 1.82. The van der Waals surface area contributed by atoms with Crippen LogP contribution in [0.4, 0.5) is 22.2 Å². The first-order valence-electron chi connectivity index (χ1n) is 8.23. The number of aromatic nitrogens is 2. The molecule has 2 amide bonds. The van der Waals surface area contributed by atoms with Crippen LogP contribution in [-0.2, 0) is 0 Å². The standard InChI is InChI=1S/C17H23ClN6O2/c1-4-19-16-22-11(2)9-15(24-16)20-7-8-21-17(25)23-13-10-12(18)5-6-14(13)26-3/h5-6,9-10H,4,7-8H2,1-3H3,(H2,21,23,25)(H2,19,20,22,24). The van der Waals surface area contributed by atoms with Gasteiger partial charge in [0.1, 0.15) is 11.6 Å². The second-order valence-corrected chi connectivity index (χ2v) is 5.84. The number of hydrogen-bond donors (Lipinski definition) is 4. The summed E-state index contributed by atoms with van der Waals surface area (Å²) in [4.78, 5) is 20.6. The molecule has 0 aliphatic rings. The largest absolute Gasteiger partial charge is 0.495 e. The quantitative estimate of drug-likeness (QED) is 0.527. The van der Waals surface area contributed by atoms with Gasteiger partial charge in [0.05, 0.1) is 12.8 Å². The van der Waals surface area contributed by atoms with Gasteiger partial charge in [0.15, 0.2) is 0 Å². The zero-order chi connectivity index (χ0) is 18.9. The van der Waals surface area contributed by atoms with Crippen LogP contribution >= 0.6 is 11.6 Å². The first-order valence-corrected chi connectivity index (χ1v) is 8.61. The van der Waals surface area contributed by atoms with E-state index >= 15 is 0 Å². The van der Waals surface area contributed by atoms with Crippen LogP contribution in [0.1, 0.15) is 12.6 Å². The molecule has 0 unspecified atom stereocenters. The molecule has 0 fully saturated rings. The number of carbonyl (C=O) groups is 1. The third-order valence-electron chi connectivity index (χ3n) is 3.32. The highest BCUT2D eigenvalue weighted by Gasteiger charge is 2.08. The van der Waals surface area contributed by atoms with Gasteiger partial charge in [0.25, 0.3) is 0 Å². The normalized spacial score (nSPS) is 10.2. The molecular formula is C17H23ClN6O2. The molecule has 0 radical (unpaired) electrons. The third kappa shape index (κ3) is 5.96. The maximum Gasteiger partial charge on any atom is 0.319 e. The van der Waals surface area contributed by atoms with Crippen molar-refractivity contribution < 1.29 is 9.53 Å². The number of hydrogen-bond acceptors (Lipinski definition) is 6. The summed E-state index contributed by atoms with van der Waals surface area (Å²) >= 11 is 5.95. The van der Waals surface area contributed by atoms with E-state index in [1.807, 2.05) is 19.9 Å². The Hall–Kier alpha value is -2.74. The highest BCUT2D eigenvalue weighted by Crippen LogP contribution is 2.27. The maximum absolute atomic E-state index is 12.0. The molecule has 1 aromatic carbocycles. The predicted octanol–water partition coefficient (Wildman–Crippen LogP) is 3.11. The Bertz CT molecular complexity index is 756. The van der Waals surface area contributed by atoms with E-state index in [-0.39, 0.29) is 6.03 Å². The summed E-state index contributed by atoms with van der Waals surface area (Å²) in [5, 5.41) is 12.2. The molecule has 2 aromatic rings. The van der Waals surface area contributed by atoms with Gasteiger partial charge >= 0.3 is 6.03 Å². The van der Waals surface area contributed by atoms with Gasteiger partial charge in [-0.2, -0.15) is 4.98 Å². The van der Waals surface area contributed by atoms with Crippen molar-refractivity contribution in [3.63, 3.8) is 0 Å². The van der Waals surface area contributed by atoms with Gasteiger partial charge in [-0.05, 0) is 32.0 Å². The first-order chi connectivity index (χ1) is 12.5. The van der Waals surface area contributed by atoms with Crippen molar-refractivity contribution in [1.82, 2.24) is 15.3 Å². The van der Waals surface area contributed by atoms with Crippen molar-refractivity contribution in [3.05, 3.63) is 35.0 Å². The van der Waals surface area contributed by atoms with Gasteiger partial charge in [-0.1, -0.05) is 11.6 Å². The third-order valence-corrected chi connectivity index (χ3v) is 3.55. The molecule has 0 spiro atoms. The summed E-state index contributed by atoms with van der Waals surface area (Å²) in [6, 6.07) is 6.51. The van der Waals surface area contributed by atoms with E-state index in [9.17, 15) is 4.79 Å². The molecule has 0 saturated carbocycles. The van der Waals surface area contributed by atoms with Crippen molar-refractivity contribution in [1.29, 1.82) is 0 Å². The van der Waals surface area contributed by atoms with Gasteiger partial charge in [-0.15, -0.1) is 0 Å². The SMILES string of the molecule is CCNc1nc(C)cc(NCCNC(=O)Nc2cc(Cl)ccc2OC)n1. The molecule has 0 atom stereocenters. The van der Waals surface area contributed by atoms with E-state index in [0.29, 0.717) is 41.3 Å². The molecule has 26 heavy (non-hydrogen) atoms. The number of nitrogens with zero attached hydrogens (tertiary/aromatic N) is 2. The Morgan fingerprint density at radius 3 is 2.73 bits per heavy atom. The Morgan fingerprint density at radius 1 is 1.19 bits per heavy atom. The molecular weight excluding hydrogens is 356 g/mol. The summed E-state index contributed by atoms with van der Waals surface area (Å²) < 4.78 is 5.19. The van der Waals surface area contributed by atoms with Crippen LogP contribution in [0.2, 0.25) is 5.02 Å². The van der Waals surface area contributed by atoms with Crippen molar-refractivity contribution in [2.45, 2.75) is 13.8 Å². The van der Waals surface area contributed by atoms with E-state index in [0.717, 1.165) is 12.2 Å². The molecule has 0 bridgehead atoms. The Balaban J connectivity index is 1.81. The van der Waals surface area contributed by atoms with Crippen LogP contribution in [-0.4, -0.2) is 42.7 Å². The number of anilines is 3. The summed E-state index contributed by atoms with van der Waals surface area (Å²) in [5.41, 5.74) is 1.37. The molecule has 9 heteroatoms. The first kappa shape index (κ1) is 19.6. The monoisotopic (exact) mass is 378 g/mol. The van der Waals surface area contributed by atoms with E-state index in [1.165, 1.54) is 7.11 Å². The number of halogens is 1. The molecule has 2 rings (SSSR count). The summed E-state index contributed by atoms with van der Waals surface area (Å²) in [7, 11) is 1.53. The van der Waals surface area contributed by atoms with Gasteiger partial charge in [0.2, 0.25) is 5.95 Å². The zero-order valence-electron chi connectivity index (χ0n) is 15.0. The van der Waals surface area contributed by atoms with Crippen LogP contribution < -0.4 is 26.0 Å². The second-order valence-electron chi connectivity index (χ2n) is 5.40. The van der Waals surface area contributed by atoms with Crippen LogP contribution in [0.3, 0.4) is 0 Å². The molecule has 8 nitrogen and oxygen atoms in total. The summed E-state index contributed by atoms with van der Waals surface area (Å²) in [6.45, 7) is 5.56. The number of carbonyl (C=O) groups excluding carboxylic acids is 1. The van der Waals surface area contributed by atoms with E-state index in [1.54, 1.807) is 18.2 Å². The number of methoxy groups -OCH3 is 1. The molecule has 0 saturated heterocycles. The van der Waals surface area contributed by atoms with Gasteiger partial charge < -0.3 is 26.0 Å². The fraction of sp³-hybridized carbons (Fsp3) is 0.353. The predicted molar refractivity (Wildman–Crippen MR) is 104 cm³/mol. The van der Waals surface area contributed by atoms with Crippen molar-refractivity contribution >= 4 is 35.1 Å². The number of ether oxygens (including phenoxy) is 1. The molecule has 0 aliphatic heterocycles. The Kier molecular flexibility index (Phi) is 7.28. The minimum absolute atomic E-state index is 0.348. The topological polar surface area (TPSA) is 100 Å². The smallest absolute Gasteiger partial charge is 0.319 e. The molecule has 1 aromatic heterocycles. The number of nitrogens with one attached hydrogen (secondary N) is 4. The van der Waals surface area contributed by atoms with E-state index < -0.39 is 0 Å². The lowest BCUT2D eigenvalue weighted by Crippen LogP contribution is -2.32. The number of benzene rings is 1. The fourth-order valence-corrected chi connectivity index (χ4v) is 2.38. The van der Waals surface area contributed by atoms with Gasteiger partial charge in [-0.3, -0.25) is 0 Å². The highest BCUT2D eigenvalue weighted by molar-refractivity contribution is 6.31. The van der Waals surface area contributed by atoms with Crippen LogP contribution in [0.25, 0.3) is 0 Å². The number of aryl methyl sites for hydroxylation is 1. The zero-order valence-corrected chi connectivity index (χ0v) is 15.8. The lowest BCUT2D eigenvalue weighted by Gasteiger charge is -2.12. The van der Waals surface area contributed by atoms with Crippen molar-refractivity contribution in [3.8, 4) is 5.75 Å². The molecule has 4 N–H and O–H groups in total.